The van der Waals surface area contributed by atoms with Gasteiger partial charge in [0, 0.05) is 0 Å². The molecule has 5 nitrogen and oxygen atoms in total. The standard InChI is InChI=1S/C10H14F3N3O2S2/c1-2-5-20(17,18)6-7(14)16-19-8(6)15-9(3-4-9)10(11,12)13/h15H,2-5H2,1H3,(H2,14,16). The molecule has 2 rings (SSSR count). The van der Waals surface area contributed by atoms with Gasteiger partial charge < -0.3 is 11.1 Å². The van der Waals surface area contributed by atoms with E-state index in [1.54, 1.807) is 6.92 Å². The predicted octanol–water partition coefficient (Wildman–Crippen LogP) is 2.42. The Kier molecular flexibility index (Phi) is 3.66. The number of anilines is 2. The number of sulfone groups is 1. The highest BCUT2D eigenvalue weighted by molar-refractivity contribution is 7.91. The van der Waals surface area contributed by atoms with Gasteiger partial charge in [-0.1, -0.05) is 6.92 Å². The number of halogens is 3. The van der Waals surface area contributed by atoms with E-state index in [9.17, 15) is 21.6 Å². The fraction of sp³-hybridized carbons (Fsp3) is 0.700. The molecule has 0 radical (unpaired) electrons. The van der Waals surface area contributed by atoms with Crippen molar-refractivity contribution in [3.05, 3.63) is 0 Å². The summed E-state index contributed by atoms with van der Waals surface area (Å²) in [5.41, 5.74) is 3.47. The van der Waals surface area contributed by atoms with Gasteiger partial charge in [-0.15, -0.1) is 0 Å². The summed E-state index contributed by atoms with van der Waals surface area (Å²) in [6.45, 7) is 1.67. The third-order valence-electron chi connectivity index (χ3n) is 3.10. The van der Waals surface area contributed by atoms with E-state index >= 15 is 0 Å². The Bertz CT molecular complexity index is 606. The predicted molar refractivity (Wildman–Crippen MR) is 70.5 cm³/mol. The summed E-state index contributed by atoms with van der Waals surface area (Å²) in [6, 6.07) is 0. The number of nitrogens with one attached hydrogen (secondary N) is 1. The zero-order valence-electron chi connectivity index (χ0n) is 10.6. The van der Waals surface area contributed by atoms with Crippen LogP contribution >= 0.6 is 11.5 Å². The van der Waals surface area contributed by atoms with Crippen LogP contribution in [-0.4, -0.2) is 30.3 Å². The number of hydrogen-bond donors (Lipinski definition) is 2. The normalized spacial score (nSPS) is 18.0. The molecule has 1 aliphatic carbocycles. The number of rotatable bonds is 5. The van der Waals surface area contributed by atoms with Crippen LogP contribution in [0.3, 0.4) is 0 Å². The molecule has 0 bridgehead atoms. The van der Waals surface area contributed by atoms with Gasteiger partial charge in [-0.2, -0.15) is 17.5 Å². The minimum absolute atomic E-state index is 0.0818. The molecule has 0 amide bonds. The van der Waals surface area contributed by atoms with Crippen molar-refractivity contribution < 1.29 is 21.6 Å². The van der Waals surface area contributed by atoms with E-state index < -0.39 is 21.6 Å². The van der Waals surface area contributed by atoms with Crippen LogP contribution in [0.5, 0.6) is 0 Å². The second kappa shape index (κ2) is 4.76. The zero-order valence-corrected chi connectivity index (χ0v) is 12.3. The number of nitrogens with two attached hydrogens (primary N) is 1. The van der Waals surface area contributed by atoms with Crippen molar-refractivity contribution in [2.24, 2.45) is 0 Å². The van der Waals surface area contributed by atoms with Crippen LogP contribution in [-0.2, 0) is 9.84 Å². The van der Waals surface area contributed by atoms with Gasteiger partial charge in [0.2, 0.25) is 0 Å². The molecule has 0 atom stereocenters. The topological polar surface area (TPSA) is 85.1 Å². The molecule has 0 saturated heterocycles. The maximum atomic E-state index is 12.9. The second-order valence-corrected chi connectivity index (χ2v) is 7.57. The summed E-state index contributed by atoms with van der Waals surface area (Å²) >= 11 is 0.647. The van der Waals surface area contributed by atoms with Gasteiger partial charge >= 0.3 is 6.18 Å². The molecule has 1 aromatic rings. The van der Waals surface area contributed by atoms with Gasteiger partial charge in [0.25, 0.3) is 0 Å². The monoisotopic (exact) mass is 329 g/mol. The highest BCUT2D eigenvalue weighted by Gasteiger charge is 2.64. The van der Waals surface area contributed by atoms with Crippen LogP contribution in [0.2, 0.25) is 0 Å². The molecule has 3 N–H and O–H groups in total. The smallest absolute Gasteiger partial charge is 0.382 e. The van der Waals surface area contributed by atoms with E-state index in [0.29, 0.717) is 18.0 Å². The molecule has 0 aromatic carbocycles. The van der Waals surface area contributed by atoms with Crippen LogP contribution in [0.4, 0.5) is 24.0 Å². The fourth-order valence-electron chi connectivity index (χ4n) is 1.87. The number of nitrogen functional groups attached to an aromatic ring is 1. The average Bonchev–Trinajstić information content (AvgIpc) is 2.97. The summed E-state index contributed by atoms with van der Waals surface area (Å²) in [5.74, 6) is -0.424. The summed E-state index contributed by atoms with van der Waals surface area (Å²) in [7, 11) is -3.73. The lowest BCUT2D eigenvalue weighted by Crippen LogP contribution is -2.38. The highest BCUT2D eigenvalue weighted by atomic mass is 32.2. The lowest BCUT2D eigenvalue weighted by molar-refractivity contribution is -0.151. The maximum Gasteiger partial charge on any atom is 0.411 e. The van der Waals surface area contributed by atoms with Gasteiger partial charge in [-0.3, -0.25) is 0 Å². The molecule has 0 unspecified atom stereocenters. The molecule has 1 aliphatic rings. The Morgan fingerprint density at radius 3 is 2.50 bits per heavy atom. The number of hydrogen-bond acceptors (Lipinski definition) is 6. The number of aromatic nitrogens is 1. The zero-order chi connectivity index (χ0) is 15.2. The van der Waals surface area contributed by atoms with Gasteiger partial charge in [0.05, 0.1) is 5.75 Å². The molecule has 114 valence electrons. The van der Waals surface area contributed by atoms with Gasteiger partial charge in [0.15, 0.2) is 15.7 Å². The molecular formula is C10H14F3N3O2S2. The molecule has 1 heterocycles. The minimum Gasteiger partial charge on any atom is -0.382 e. The van der Waals surface area contributed by atoms with Crippen LogP contribution < -0.4 is 11.1 Å². The second-order valence-electron chi connectivity index (χ2n) is 4.75. The van der Waals surface area contributed by atoms with Crippen molar-refractivity contribution in [3.63, 3.8) is 0 Å². The summed E-state index contributed by atoms with van der Waals surface area (Å²) in [4.78, 5) is -0.306. The van der Waals surface area contributed by atoms with Crippen LogP contribution in [0.25, 0.3) is 0 Å². The Balaban J connectivity index is 2.36. The number of alkyl halides is 3. The van der Waals surface area contributed by atoms with Gasteiger partial charge in [0.1, 0.15) is 15.4 Å². The Morgan fingerprint density at radius 2 is 2.05 bits per heavy atom. The minimum atomic E-state index is -4.43. The molecular weight excluding hydrogens is 315 g/mol. The first-order chi connectivity index (χ1) is 9.13. The van der Waals surface area contributed by atoms with Crippen LogP contribution in [0.15, 0.2) is 4.90 Å². The van der Waals surface area contributed by atoms with Crippen molar-refractivity contribution >= 4 is 32.2 Å². The molecule has 1 aromatic heterocycles. The van der Waals surface area contributed by atoms with E-state index in [1.807, 2.05) is 0 Å². The Hall–Kier alpha value is -1.03. The Labute approximate surface area is 118 Å². The summed E-state index contributed by atoms with van der Waals surface area (Å²) in [5, 5.41) is 2.18. The third-order valence-corrected chi connectivity index (χ3v) is 5.99. The van der Waals surface area contributed by atoms with E-state index in [-0.39, 0.29) is 34.3 Å². The third kappa shape index (κ3) is 2.58. The van der Waals surface area contributed by atoms with E-state index in [2.05, 4.69) is 9.69 Å². The molecule has 20 heavy (non-hydrogen) atoms. The quantitative estimate of drug-likeness (QED) is 0.866. The van der Waals surface area contributed by atoms with E-state index in [1.165, 1.54) is 0 Å². The molecule has 1 fully saturated rings. The van der Waals surface area contributed by atoms with Crippen molar-refractivity contribution in [2.75, 3.05) is 16.8 Å². The first-order valence-corrected chi connectivity index (χ1v) is 8.38. The van der Waals surface area contributed by atoms with E-state index in [4.69, 9.17) is 5.73 Å². The van der Waals surface area contributed by atoms with Gasteiger partial charge in [-0.25, -0.2) is 8.42 Å². The lowest BCUT2D eigenvalue weighted by Gasteiger charge is -2.21. The summed E-state index contributed by atoms with van der Waals surface area (Å²) in [6.07, 6.45) is -4.25. The van der Waals surface area contributed by atoms with Crippen molar-refractivity contribution in [2.45, 2.75) is 42.8 Å². The molecule has 1 saturated carbocycles. The summed E-state index contributed by atoms with van der Waals surface area (Å²) < 4.78 is 66.5. The van der Waals surface area contributed by atoms with Crippen LogP contribution in [0, 0.1) is 0 Å². The maximum absolute atomic E-state index is 12.9. The van der Waals surface area contributed by atoms with Crippen molar-refractivity contribution in [1.29, 1.82) is 0 Å². The van der Waals surface area contributed by atoms with Crippen LogP contribution in [0.1, 0.15) is 26.2 Å². The average molecular weight is 329 g/mol. The molecule has 10 heteroatoms. The highest BCUT2D eigenvalue weighted by Crippen LogP contribution is 2.52. The SMILES string of the molecule is CCCS(=O)(=O)c1c(N)nsc1NC1(C(F)(F)F)CC1. The largest absolute Gasteiger partial charge is 0.411 e. The van der Waals surface area contributed by atoms with E-state index in [0.717, 1.165) is 0 Å². The fourth-order valence-corrected chi connectivity index (χ4v) is 4.57. The molecule has 0 spiro atoms. The van der Waals surface area contributed by atoms with Crippen molar-refractivity contribution in [3.8, 4) is 0 Å². The lowest BCUT2D eigenvalue weighted by atomic mass is 10.2. The Morgan fingerprint density at radius 1 is 1.45 bits per heavy atom. The first kappa shape index (κ1) is 15.4. The van der Waals surface area contributed by atoms with Crippen molar-refractivity contribution in [1.82, 2.24) is 4.37 Å². The van der Waals surface area contributed by atoms with Gasteiger partial charge in [-0.05, 0) is 30.8 Å². The number of nitrogens with zero attached hydrogens (tertiary/aromatic N) is 1. The first-order valence-electron chi connectivity index (χ1n) is 5.96. The molecule has 0 aliphatic heterocycles.